The molecule has 3 aliphatic rings. The highest BCUT2D eigenvalue weighted by Gasteiger charge is 2.41. The number of rotatable bonds is 5. The van der Waals surface area contributed by atoms with Crippen molar-refractivity contribution < 1.29 is 37.2 Å². The van der Waals surface area contributed by atoms with E-state index in [0.717, 1.165) is 17.5 Å². The Kier molecular flexibility index (Phi) is 7.16. The van der Waals surface area contributed by atoms with Crippen LogP contribution in [0.1, 0.15) is 55.6 Å². The van der Waals surface area contributed by atoms with E-state index in [2.05, 4.69) is 5.32 Å². The zero-order chi connectivity index (χ0) is 28.1. The van der Waals surface area contributed by atoms with Crippen molar-refractivity contribution >= 4 is 39.8 Å². The minimum Gasteiger partial charge on any atom is -0.493 e. The number of nitrogens with one attached hydrogen (secondary N) is 1. The standard InChI is InChI=1S/C27H22F3IN2O6/c1-38-22-11-13(23-24-16(4-2-6-19(24)34)32-17-5-3-7-20(35)25(17)23)10-15(31)26(22)39-21-9-8-14(27(28,29)30)12-18(21)33(36)37/h8-12,23,32H,2-7H2,1H3. The number of halogens is 4. The Morgan fingerprint density at radius 1 is 0.974 bits per heavy atom. The van der Waals surface area contributed by atoms with Gasteiger partial charge in [0.05, 0.1) is 21.2 Å². The van der Waals surface area contributed by atoms with E-state index in [1.807, 2.05) is 22.6 Å². The molecule has 2 aliphatic carbocycles. The molecule has 0 radical (unpaired) electrons. The molecule has 1 aliphatic heterocycles. The summed E-state index contributed by atoms with van der Waals surface area (Å²) in [6, 6.07) is 5.35. The molecule has 5 rings (SSSR count). The van der Waals surface area contributed by atoms with Gasteiger partial charge in [-0.05, 0) is 78.1 Å². The molecular formula is C27H22F3IN2O6. The van der Waals surface area contributed by atoms with Gasteiger partial charge in [0.2, 0.25) is 5.75 Å². The van der Waals surface area contributed by atoms with Crippen molar-refractivity contribution in [2.24, 2.45) is 0 Å². The van der Waals surface area contributed by atoms with Gasteiger partial charge in [-0.25, -0.2) is 0 Å². The Morgan fingerprint density at radius 2 is 1.59 bits per heavy atom. The van der Waals surface area contributed by atoms with Crippen molar-refractivity contribution in [1.29, 1.82) is 0 Å². The van der Waals surface area contributed by atoms with E-state index in [1.54, 1.807) is 12.1 Å². The average molecular weight is 654 g/mol. The largest absolute Gasteiger partial charge is 0.493 e. The van der Waals surface area contributed by atoms with Crippen LogP contribution in [0.5, 0.6) is 17.2 Å². The van der Waals surface area contributed by atoms with Crippen LogP contribution in [0, 0.1) is 13.7 Å². The van der Waals surface area contributed by atoms with Gasteiger partial charge in [0.1, 0.15) is 0 Å². The molecule has 0 fully saturated rings. The van der Waals surface area contributed by atoms with E-state index >= 15 is 0 Å². The first kappa shape index (κ1) is 27.2. The molecule has 1 heterocycles. The van der Waals surface area contributed by atoms with E-state index in [0.29, 0.717) is 70.9 Å². The molecule has 0 saturated carbocycles. The van der Waals surface area contributed by atoms with Crippen LogP contribution in [0.15, 0.2) is 52.9 Å². The van der Waals surface area contributed by atoms with Crippen molar-refractivity contribution in [2.75, 3.05) is 7.11 Å². The van der Waals surface area contributed by atoms with E-state index in [4.69, 9.17) is 9.47 Å². The highest BCUT2D eigenvalue weighted by Crippen LogP contribution is 2.49. The minimum absolute atomic E-state index is 0.0339. The molecule has 204 valence electrons. The molecule has 1 N–H and O–H groups in total. The van der Waals surface area contributed by atoms with Gasteiger partial charge in [-0.2, -0.15) is 13.2 Å². The van der Waals surface area contributed by atoms with E-state index in [-0.39, 0.29) is 23.1 Å². The molecule has 2 aromatic rings. The van der Waals surface area contributed by atoms with Gasteiger partial charge < -0.3 is 14.8 Å². The van der Waals surface area contributed by atoms with Crippen LogP contribution in [-0.2, 0) is 15.8 Å². The monoisotopic (exact) mass is 654 g/mol. The molecular weight excluding hydrogens is 632 g/mol. The van der Waals surface area contributed by atoms with E-state index < -0.39 is 34.0 Å². The predicted octanol–water partition coefficient (Wildman–Crippen LogP) is 6.72. The zero-order valence-corrected chi connectivity index (χ0v) is 22.8. The fourth-order valence-corrected chi connectivity index (χ4v) is 6.09. The fraction of sp³-hybridized carbons (Fsp3) is 0.333. The lowest BCUT2D eigenvalue weighted by atomic mass is 9.71. The van der Waals surface area contributed by atoms with Crippen molar-refractivity contribution in [2.45, 2.75) is 50.6 Å². The number of methoxy groups -OCH3 is 1. The number of carbonyl (C=O) groups excluding carboxylic acids is 2. The van der Waals surface area contributed by atoms with Gasteiger partial charge in [-0.1, -0.05) is 0 Å². The summed E-state index contributed by atoms with van der Waals surface area (Å²) in [6.45, 7) is 0. The Morgan fingerprint density at radius 3 is 2.13 bits per heavy atom. The molecule has 2 aromatic carbocycles. The lowest BCUT2D eigenvalue weighted by Gasteiger charge is -2.37. The van der Waals surface area contributed by atoms with Crippen LogP contribution in [0.3, 0.4) is 0 Å². The first-order chi connectivity index (χ1) is 18.5. The van der Waals surface area contributed by atoms with Crippen molar-refractivity contribution in [3.05, 3.63) is 77.7 Å². The summed E-state index contributed by atoms with van der Waals surface area (Å²) in [4.78, 5) is 36.8. The predicted molar refractivity (Wildman–Crippen MR) is 142 cm³/mol. The molecule has 0 unspecified atom stereocenters. The molecule has 0 saturated heterocycles. The Hall–Kier alpha value is -3.42. The number of Topliss-reactive ketones (excluding diaryl/α,β-unsaturated/α-hetero) is 2. The second-order valence-corrected chi connectivity index (χ2v) is 10.6. The van der Waals surface area contributed by atoms with Gasteiger partial charge >= 0.3 is 11.9 Å². The van der Waals surface area contributed by atoms with Crippen LogP contribution in [0.4, 0.5) is 18.9 Å². The van der Waals surface area contributed by atoms with Crippen LogP contribution in [0.2, 0.25) is 0 Å². The van der Waals surface area contributed by atoms with E-state index in [9.17, 15) is 32.9 Å². The van der Waals surface area contributed by atoms with Gasteiger partial charge in [-0.3, -0.25) is 19.7 Å². The van der Waals surface area contributed by atoms with Gasteiger partial charge in [0.25, 0.3) is 0 Å². The minimum atomic E-state index is -4.76. The van der Waals surface area contributed by atoms with Gasteiger partial charge in [-0.15, -0.1) is 0 Å². The maximum absolute atomic E-state index is 13.1. The Balaban J connectivity index is 1.61. The van der Waals surface area contributed by atoms with Gasteiger partial charge in [0.15, 0.2) is 23.1 Å². The number of hydrogen-bond acceptors (Lipinski definition) is 7. The number of nitro benzene ring substituents is 1. The van der Waals surface area contributed by atoms with Crippen molar-refractivity contribution in [3.8, 4) is 17.2 Å². The lowest BCUT2D eigenvalue weighted by Crippen LogP contribution is -2.36. The normalized spacial score (nSPS) is 18.0. The fourth-order valence-electron chi connectivity index (χ4n) is 5.35. The molecule has 8 nitrogen and oxygen atoms in total. The third kappa shape index (κ3) is 5.01. The first-order valence-electron chi connectivity index (χ1n) is 12.2. The number of dihydropyridines is 1. The average Bonchev–Trinajstić information content (AvgIpc) is 2.88. The number of alkyl halides is 3. The molecule has 12 heteroatoms. The molecule has 0 amide bonds. The SMILES string of the molecule is COc1cc(C2C3=C(CCCC3=O)NC3=C2C(=O)CCC3)cc(I)c1Oc1ccc(C(F)(F)F)cc1[N+](=O)[O-]. The van der Waals surface area contributed by atoms with Crippen LogP contribution in [-0.4, -0.2) is 23.6 Å². The smallest absolute Gasteiger partial charge is 0.416 e. The topological polar surface area (TPSA) is 108 Å². The Labute approximate surface area is 234 Å². The summed E-state index contributed by atoms with van der Waals surface area (Å²) in [5.41, 5.74) is 1.35. The number of benzene rings is 2. The molecule has 0 atom stereocenters. The number of ketones is 2. The number of nitrogens with zero attached hydrogens (tertiary/aromatic N) is 1. The number of hydrogen-bond donors (Lipinski definition) is 1. The summed E-state index contributed by atoms with van der Waals surface area (Å²) < 4.78 is 51.2. The zero-order valence-electron chi connectivity index (χ0n) is 20.6. The number of ether oxygens (including phenoxy) is 2. The summed E-state index contributed by atoms with van der Waals surface area (Å²) in [5, 5.41) is 14.9. The first-order valence-corrected chi connectivity index (χ1v) is 13.3. The maximum atomic E-state index is 13.1. The van der Waals surface area contributed by atoms with Crippen LogP contribution in [0.25, 0.3) is 0 Å². The molecule has 0 spiro atoms. The maximum Gasteiger partial charge on any atom is 0.416 e. The summed E-state index contributed by atoms with van der Waals surface area (Å²) in [7, 11) is 1.36. The van der Waals surface area contributed by atoms with E-state index in [1.165, 1.54) is 7.11 Å². The molecule has 39 heavy (non-hydrogen) atoms. The lowest BCUT2D eigenvalue weighted by molar-refractivity contribution is -0.385. The molecule has 0 aromatic heterocycles. The third-order valence-corrected chi connectivity index (χ3v) is 7.87. The van der Waals surface area contributed by atoms with Crippen molar-refractivity contribution in [1.82, 2.24) is 5.32 Å². The van der Waals surface area contributed by atoms with Crippen LogP contribution >= 0.6 is 22.6 Å². The molecule has 0 bridgehead atoms. The second kappa shape index (κ2) is 10.3. The highest BCUT2D eigenvalue weighted by molar-refractivity contribution is 14.1. The van der Waals surface area contributed by atoms with Gasteiger partial charge in [0, 0.05) is 47.4 Å². The number of allylic oxidation sites excluding steroid dienone is 4. The number of nitro groups is 1. The Bertz CT molecular complexity index is 1440. The van der Waals surface area contributed by atoms with Crippen molar-refractivity contribution in [3.63, 3.8) is 0 Å². The summed E-state index contributed by atoms with van der Waals surface area (Å²) >= 11 is 1.94. The number of carbonyl (C=O) groups is 2. The second-order valence-electron chi connectivity index (χ2n) is 9.47. The highest BCUT2D eigenvalue weighted by atomic mass is 127. The third-order valence-electron chi connectivity index (χ3n) is 7.07. The summed E-state index contributed by atoms with van der Waals surface area (Å²) in [6.07, 6.45) is -1.20. The summed E-state index contributed by atoms with van der Waals surface area (Å²) in [5.74, 6) is -0.846. The van der Waals surface area contributed by atoms with Crippen LogP contribution < -0.4 is 14.8 Å². The quantitative estimate of drug-likeness (QED) is 0.217.